The van der Waals surface area contributed by atoms with Crippen LogP contribution in [0.1, 0.15) is 33.8 Å². The van der Waals surface area contributed by atoms with Crippen LogP contribution < -0.4 is 0 Å². The van der Waals surface area contributed by atoms with Crippen molar-refractivity contribution in [1.29, 1.82) is 0 Å². The first-order valence-corrected chi connectivity index (χ1v) is 7.62. The minimum absolute atomic E-state index is 0.138. The van der Waals surface area contributed by atoms with Crippen LogP contribution in [0.3, 0.4) is 0 Å². The number of carbonyl (C=O) groups is 2. The Morgan fingerprint density at radius 3 is 2.75 bits per heavy atom. The Labute approximate surface area is 137 Å². The fraction of sp³-hybridized carbons (Fsp3) is 0.294. The summed E-state index contributed by atoms with van der Waals surface area (Å²) in [6.07, 6.45) is 3.60. The second kappa shape index (κ2) is 6.82. The molecule has 0 spiro atoms. The van der Waals surface area contributed by atoms with E-state index in [1.807, 2.05) is 0 Å². The first-order chi connectivity index (χ1) is 11.6. The zero-order chi connectivity index (χ0) is 17.1. The van der Waals surface area contributed by atoms with Gasteiger partial charge in [0.2, 0.25) is 0 Å². The van der Waals surface area contributed by atoms with Crippen LogP contribution in [0.15, 0.2) is 36.7 Å². The van der Waals surface area contributed by atoms with Gasteiger partial charge in [-0.3, -0.25) is 14.6 Å². The maximum absolute atomic E-state index is 13.7. The summed E-state index contributed by atoms with van der Waals surface area (Å²) in [6, 6.07) is 5.70. The van der Waals surface area contributed by atoms with Gasteiger partial charge >= 0.3 is 0 Å². The molecule has 0 N–H and O–H groups in total. The molecular formula is C17H15F2N3O2. The summed E-state index contributed by atoms with van der Waals surface area (Å²) in [5, 5.41) is 0. The number of hydrogen-bond acceptors (Lipinski definition) is 4. The van der Waals surface area contributed by atoms with E-state index in [4.69, 9.17) is 0 Å². The number of carbonyl (C=O) groups excluding carboxylic acids is 2. The SMILES string of the molecule is O=C(c1ccccn1)[C@H]1CCCN(C(=O)c2ncc(F)cc2F)C1. The predicted molar refractivity (Wildman–Crippen MR) is 81.3 cm³/mol. The maximum Gasteiger partial charge on any atom is 0.275 e. The molecule has 2 aromatic heterocycles. The van der Waals surface area contributed by atoms with Gasteiger partial charge in [-0.2, -0.15) is 0 Å². The number of rotatable bonds is 3. The molecule has 0 aromatic carbocycles. The summed E-state index contributed by atoms with van der Waals surface area (Å²) in [4.78, 5) is 33.9. The molecule has 1 amide bonds. The highest BCUT2D eigenvalue weighted by molar-refractivity contribution is 5.97. The van der Waals surface area contributed by atoms with E-state index in [-0.39, 0.29) is 18.2 Å². The van der Waals surface area contributed by atoms with Crippen LogP contribution in [0.2, 0.25) is 0 Å². The van der Waals surface area contributed by atoms with Crippen LogP contribution in [0, 0.1) is 17.6 Å². The molecule has 2 aromatic rings. The van der Waals surface area contributed by atoms with Crippen molar-refractivity contribution in [3.8, 4) is 0 Å². The van der Waals surface area contributed by atoms with Gasteiger partial charge in [-0.25, -0.2) is 13.8 Å². The third-order valence-electron chi connectivity index (χ3n) is 4.01. The zero-order valence-corrected chi connectivity index (χ0v) is 12.8. The standard InChI is InChI=1S/C17H15F2N3O2/c18-12-8-13(19)15(21-9-12)17(24)22-7-3-4-11(10-22)16(23)14-5-1-2-6-20-14/h1-2,5-6,8-9,11H,3-4,7,10H2/t11-/m0/s1. The molecule has 1 atom stereocenters. The molecule has 1 aliphatic heterocycles. The van der Waals surface area contributed by atoms with Crippen molar-refractivity contribution in [2.45, 2.75) is 12.8 Å². The van der Waals surface area contributed by atoms with Gasteiger partial charge in [0.1, 0.15) is 11.5 Å². The van der Waals surface area contributed by atoms with Crippen molar-refractivity contribution in [3.05, 3.63) is 59.7 Å². The number of piperidine rings is 1. The molecule has 1 saturated heterocycles. The zero-order valence-electron chi connectivity index (χ0n) is 12.8. The minimum Gasteiger partial charge on any atom is -0.336 e. The van der Waals surface area contributed by atoms with Crippen LogP contribution in [0.5, 0.6) is 0 Å². The molecule has 24 heavy (non-hydrogen) atoms. The number of aromatic nitrogens is 2. The number of pyridine rings is 2. The summed E-state index contributed by atoms with van der Waals surface area (Å²) in [6.45, 7) is 0.579. The highest BCUT2D eigenvalue weighted by Crippen LogP contribution is 2.22. The Bertz CT molecular complexity index is 768. The molecule has 0 radical (unpaired) electrons. The van der Waals surface area contributed by atoms with Gasteiger partial charge in [0.15, 0.2) is 17.3 Å². The summed E-state index contributed by atoms with van der Waals surface area (Å²) in [5.41, 5.74) is -0.0785. The molecule has 1 fully saturated rings. The molecule has 3 heterocycles. The molecule has 0 bridgehead atoms. The van der Waals surface area contributed by atoms with Crippen LogP contribution in [0.25, 0.3) is 0 Å². The van der Waals surface area contributed by atoms with Gasteiger partial charge in [-0.15, -0.1) is 0 Å². The molecule has 124 valence electrons. The van der Waals surface area contributed by atoms with E-state index in [1.165, 1.54) is 11.1 Å². The van der Waals surface area contributed by atoms with Crippen LogP contribution in [-0.4, -0.2) is 39.6 Å². The van der Waals surface area contributed by atoms with Crippen molar-refractivity contribution in [3.63, 3.8) is 0 Å². The normalized spacial score (nSPS) is 17.6. The van der Waals surface area contributed by atoms with E-state index >= 15 is 0 Å². The maximum atomic E-state index is 13.7. The van der Waals surface area contributed by atoms with Crippen molar-refractivity contribution < 1.29 is 18.4 Å². The van der Waals surface area contributed by atoms with Crippen molar-refractivity contribution >= 4 is 11.7 Å². The average molecular weight is 331 g/mol. The summed E-state index contributed by atoms with van der Waals surface area (Å²) >= 11 is 0. The fourth-order valence-electron chi connectivity index (χ4n) is 2.81. The number of amides is 1. The number of Topliss-reactive ketones (excluding diaryl/α,β-unsaturated/α-hetero) is 1. The van der Waals surface area contributed by atoms with Gasteiger partial charge in [0.25, 0.3) is 5.91 Å². The van der Waals surface area contributed by atoms with Crippen LogP contribution in [-0.2, 0) is 0 Å². The monoisotopic (exact) mass is 331 g/mol. The number of halogens is 2. The Balaban J connectivity index is 1.75. The average Bonchev–Trinajstić information content (AvgIpc) is 2.61. The van der Waals surface area contributed by atoms with Crippen LogP contribution >= 0.6 is 0 Å². The lowest BCUT2D eigenvalue weighted by molar-refractivity contribution is 0.0626. The van der Waals surface area contributed by atoms with Crippen molar-refractivity contribution in [2.24, 2.45) is 5.92 Å². The van der Waals surface area contributed by atoms with E-state index in [1.54, 1.807) is 18.2 Å². The van der Waals surface area contributed by atoms with E-state index in [2.05, 4.69) is 9.97 Å². The molecule has 3 rings (SSSR count). The molecule has 0 aliphatic carbocycles. The molecule has 7 heteroatoms. The smallest absolute Gasteiger partial charge is 0.275 e. The molecule has 5 nitrogen and oxygen atoms in total. The van der Waals surface area contributed by atoms with E-state index in [0.717, 1.165) is 6.20 Å². The molecule has 0 saturated carbocycles. The Kier molecular flexibility index (Phi) is 4.59. The quantitative estimate of drug-likeness (QED) is 0.811. The number of hydrogen-bond donors (Lipinski definition) is 0. The summed E-state index contributed by atoms with van der Waals surface area (Å²) in [7, 11) is 0. The van der Waals surface area contributed by atoms with Gasteiger partial charge < -0.3 is 4.90 Å². The molecule has 1 aliphatic rings. The topological polar surface area (TPSA) is 63.2 Å². The highest BCUT2D eigenvalue weighted by atomic mass is 19.1. The number of nitrogens with zero attached hydrogens (tertiary/aromatic N) is 3. The first-order valence-electron chi connectivity index (χ1n) is 7.62. The Morgan fingerprint density at radius 2 is 2.04 bits per heavy atom. The lowest BCUT2D eigenvalue weighted by atomic mass is 9.91. The largest absolute Gasteiger partial charge is 0.336 e. The van der Waals surface area contributed by atoms with Gasteiger partial charge in [-0.1, -0.05) is 6.07 Å². The predicted octanol–water partition coefficient (Wildman–Crippen LogP) is 2.49. The highest BCUT2D eigenvalue weighted by Gasteiger charge is 2.31. The minimum atomic E-state index is -1.00. The van der Waals surface area contributed by atoms with E-state index in [0.29, 0.717) is 31.1 Å². The second-order valence-corrected chi connectivity index (χ2v) is 5.65. The number of likely N-dealkylation sites (tertiary alicyclic amines) is 1. The molecular weight excluding hydrogens is 316 g/mol. The second-order valence-electron chi connectivity index (χ2n) is 5.65. The lowest BCUT2D eigenvalue weighted by Crippen LogP contribution is -2.43. The summed E-state index contributed by atoms with van der Waals surface area (Å²) < 4.78 is 26.7. The van der Waals surface area contributed by atoms with E-state index < -0.39 is 23.2 Å². The lowest BCUT2D eigenvalue weighted by Gasteiger charge is -2.31. The Morgan fingerprint density at radius 1 is 1.21 bits per heavy atom. The molecule has 0 unspecified atom stereocenters. The third-order valence-corrected chi connectivity index (χ3v) is 4.01. The van der Waals surface area contributed by atoms with Gasteiger partial charge in [-0.05, 0) is 25.0 Å². The van der Waals surface area contributed by atoms with Gasteiger partial charge in [0, 0.05) is 31.3 Å². The van der Waals surface area contributed by atoms with Crippen molar-refractivity contribution in [2.75, 3.05) is 13.1 Å². The van der Waals surface area contributed by atoms with E-state index in [9.17, 15) is 18.4 Å². The number of ketones is 1. The van der Waals surface area contributed by atoms with Crippen LogP contribution in [0.4, 0.5) is 8.78 Å². The third kappa shape index (κ3) is 3.29. The first kappa shape index (κ1) is 16.2. The van der Waals surface area contributed by atoms with Gasteiger partial charge in [0.05, 0.1) is 6.20 Å². The van der Waals surface area contributed by atoms with Crippen molar-refractivity contribution in [1.82, 2.24) is 14.9 Å². The fourth-order valence-corrected chi connectivity index (χ4v) is 2.81. The Hall–Kier alpha value is -2.70. The summed E-state index contributed by atoms with van der Waals surface area (Å²) in [5.74, 6) is -3.00.